The van der Waals surface area contributed by atoms with Crippen molar-refractivity contribution in [2.75, 3.05) is 0 Å². The SMILES string of the molecule is OCc1cc2ccc3c4ccccc4ccc3c2s1. The first-order chi connectivity index (χ1) is 9.36. The lowest BCUT2D eigenvalue weighted by Crippen LogP contribution is -1.77. The summed E-state index contributed by atoms with van der Waals surface area (Å²) in [6.07, 6.45) is 0. The zero-order valence-electron chi connectivity index (χ0n) is 10.3. The van der Waals surface area contributed by atoms with Crippen LogP contribution in [0.4, 0.5) is 0 Å². The second-order valence-electron chi connectivity index (χ2n) is 4.74. The summed E-state index contributed by atoms with van der Waals surface area (Å²) in [6.45, 7) is 0.119. The molecule has 0 atom stereocenters. The number of thiophene rings is 1. The molecule has 92 valence electrons. The van der Waals surface area contributed by atoms with Crippen LogP contribution in [0.5, 0.6) is 0 Å². The van der Waals surface area contributed by atoms with Crippen molar-refractivity contribution in [1.29, 1.82) is 0 Å². The van der Waals surface area contributed by atoms with E-state index in [0.29, 0.717) is 0 Å². The molecule has 0 unspecified atom stereocenters. The molecule has 0 saturated heterocycles. The van der Waals surface area contributed by atoms with Crippen molar-refractivity contribution in [3.8, 4) is 0 Å². The summed E-state index contributed by atoms with van der Waals surface area (Å²) in [5.41, 5.74) is 0. The van der Waals surface area contributed by atoms with Gasteiger partial charge in [-0.15, -0.1) is 11.3 Å². The monoisotopic (exact) mass is 264 g/mol. The first-order valence-electron chi connectivity index (χ1n) is 6.30. The van der Waals surface area contributed by atoms with E-state index in [2.05, 4.69) is 54.6 Å². The van der Waals surface area contributed by atoms with Crippen LogP contribution in [0.15, 0.2) is 54.6 Å². The molecular formula is C17H12OS. The maximum atomic E-state index is 9.29. The van der Waals surface area contributed by atoms with Crippen molar-refractivity contribution >= 4 is 43.0 Å². The van der Waals surface area contributed by atoms with Gasteiger partial charge >= 0.3 is 0 Å². The highest BCUT2D eigenvalue weighted by atomic mass is 32.1. The molecule has 0 bridgehead atoms. The van der Waals surface area contributed by atoms with Crippen LogP contribution in [0.1, 0.15) is 4.88 Å². The second kappa shape index (κ2) is 4.05. The number of hydrogen-bond donors (Lipinski definition) is 1. The number of benzene rings is 3. The maximum Gasteiger partial charge on any atom is 0.0774 e. The molecule has 0 amide bonds. The average Bonchev–Trinajstić information content (AvgIpc) is 2.90. The summed E-state index contributed by atoms with van der Waals surface area (Å²) in [6, 6.07) is 19.3. The van der Waals surface area contributed by atoms with Gasteiger partial charge in [-0.25, -0.2) is 0 Å². The van der Waals surface area contributed by atoms with E-state index in [1.54, 1.807) is 11.3 Å². The van der Waals surface area contributed by atoms with Crippen LogP contribution in [0.25, 0.3) is 31.6 Å². The smallest absolute Gasteiger partial charge is 0.0774 e. The van der Waals surface area contributed by atoms with E-state index in [-0.39, 0.29) is 6.61 Å². The van der Waals surface area contributed by atoms with E-state index >= 15 is 0 Å². The molecule has 1 heterocycles. The van der Waals surface area contributed by atoms with Crippen molar-refractivity contribution < 1.29 is 5.11 Å². The summed E-state index contributed by atoms with van der Waals surface area (Å²) in [7, 11) is 0. The van der Waals surface area contributed by atoms with Crippen LogP contribution in [0, 0.1) is 0 Å². The van der Waals surface area contributed by atoms with Crippen molar-refractivity contribution in [3.05, 3.63) is 59.5 Å². The standard InChI is InChI=1S/C17H12OS/c18-10-13-9-12-6-7-15-14-4-2-1-3-11(14)5-8-16(15)17(12)19-13/h1-9,18H,10H2. The molecule has 0 saturated carbocycles. The molecule has 1 N–H and O–H groups in total. The van der Waals surface area contributed by atoms with Crippen LogP contribution in [0.3, 0.4) is 0 Å². The van der Waals surface area contributed by atoms with Gasteiger partial charge in [0, 0.05) is 15.0 Å². The molecule has 0 aliphatic carbocycles. The van der Waals surface area contributed by atoms with Crippen molar-refractivity contribution in [1.82, 2.24) is 0 Å². The average molecular weight is 264 g/mol. The lowest BCUT2D eigenvalue weighted by molar-refractivity contribution is 0.285. The van der Waals surface area contributed by atoms with Gasteiger partial charge in [-0.2, -0.15) is 0 Å². The minimum Gasteiger partial charge on any atom is -0.391 e. The van der Waals surface area contributed by atoms with E-state index in [9.17, 15) is 5.11 Å². The number of rotatable bonds is 1. The molecule has 0 spiro atoms. The Labute approximate surface area is 114 Å². The van der Waals surface area contributed by atoms with E-state index in [1.165, 1.54) is 31.6 Å². The highest BCUT2D eigenvalue weighted by molar-refractivity contribution is 7.20. The molecule has 0 radical (unpaired) electrons. The molecule has 4 rings (SSSR count). The number of fused-ring (bicyclic) bond motifs is 5. The Bertz CT molecular complexity index is 905. The Kier molecular flexibility index (Phi) is 2.34. The molecule has 19 heavy (non-hydrogen) atoms. The van der Waals surface area contributed by atoms with Crippen LogP contribution in [0.2, 0.25) is 0 Å². The number of aliphatic hydroxyl groups is 1. The fourth-order valence-corrected chi connectivity index (χ4v) is 3.76. The predicted molar refractivity (Wildman–Crippen MR) is 82.8 cm³/mol. The highest BCUT2D eigenvalue weighted by Crippen LogP contribution is 2.35. The van der Waals surface area contributed by atoms with Gasteiger partial charge in [-0.1, -0.05) is 48.5 Å². The van der Waals surface area contributed by atoms with Crippen LogP contribution in [-0.2, 0) is 6.61 Å². The van der Waals surface area contributed by atoms with Gasteiger partial charge in [0.05, 0.1) is 6.61 Å². The molecule has 2 heteroatoms. The normalized spacial score (nSPS) is 11.6. The Morgan fingerprint density at radius 3 is 2.47 bits per heavy atom. The van der Waals surface area contributed by atoms with Crippen LogP contribution >= 0.6 is 11.3 Å². The molecular weight excluding hydrogens is 252 g/mol. The Morgan fingerprint density at radius 2 is 1.58 bits per heavy atom. The van der Waals surface area contributed by atoms with Crippen molar-refractivity contribution in [2.24, 2.45) is 0 Å². The van der Waals surface area contributed by atoms with Gasteiger partial charge in [0.25, 0.3) is 0 Å². The molecule has 0 aliphatic rings. The zero-order chi connectivity index (χ0) is 12.8. The number of hydrogen-bond acceptors (Lipinski definition) is 2. The van der Waals surface area contributed by atoms with Crippen LogP contribution in [-0.4, -0.2) is 5.11 Å². The van der Waals surface area contributed by atoms with Gasteiger partial charge < -0.3 is 5.11 Å². The third-order valence-corrected chi connectivity index (χ3v) is 4.78. The molecule has 1 nitrogen and oxygen atoms in total. The number of aliphatic hydroxyl groups excluding tert-OH is 1. The maximum absolute atomic E-state index is 9.29. The third-order valence-electron chi connectivity index (χ3n) is 3.61. The topological polar surface area (TPSA) is 20.2 Å². The van der Waals surface area contributed by atoms with Crippen LogP contribution < -0.4 is 0 Å². The van der Waals surface area contributed by atoms with Gasteiger partial charge in [0.1, 0.15) is 0 Å². The van der Waals surface area contributed by atoms with Gasteiger partial charge in [-0.05, 0) is 27.6 Å². The van der Waals surface area contributed by atoms with E-state index in [4.69, 9.17) is 0 Å². The summed E-state index contributed by atoms with van der Waals surface area (Å²) in [5.74, 6) is 0. The Hall–Kier alpha value is -1.90. The summed E-state index contributed by atoms with van der Waals surface area (Å²) >= 11 is 1.69. The third kappa shape index (κ3) is 1.57. The fourth-order valence-electron chi connectivity index (χ4n) is 2.72. The van der Waals surface area contributed by atoms with E-state index in [0.717, 1.165) is 4.88 Å². The predicted octanol–water partition coefficient (Wildman–Crippen LogP) is 4.70. The highest BCUT2D eigenvalue weighted by Gasteiger charge is 2.07. The first kappa shape index (κ1) is 11.0. The summed E-state index contributed by atoms with van der Waals surface area (Å²) in [5, 5.41) is 15.6. The quantitative estimate of drug-likeness (QED) is 0.494. The zero-order valence-corrected chi connectivity index (χ0v) is 11.1. The molecule has 0 fully saturated rings. The Balaban J connectivity index is 2.21. The molecule has 4 aromatic rings. The summed E-state index contributed by atoms with van der Waals surface area (Å²) in [4.78, 5) is 1.02. The van der Waals surface area contributed by atoms with Crippen molar-refractivity contribution in [3.63, 3.8) is 0 Å². The first-order valence-corrected chi connectivity index (χ1v) is 7.12. The van der Waals surface area contributed by atoms with Gasteiger partial charge in [0.2, 0.25) is 0 Å². The fraction of sp³-hybridized carbons (Fsp3) is 0.0588. The van der Waals surface area contributed by atoms with Crippen molar-refractivity contribution in [2.45, 2.75) is 6.61 Å². The largest absolute Gasteiger partial charge is 0.391 e. The Morgan fingerprint density at radius 1 is 0.789 bits per heavy atom. The molecule has 1 aromatic heterocycles. The summed E-state index contributed by atoms with van der Waals surface area (Å²) < 4.78 is 1.27. The van der Waals surface area contributed by atoms with Gasteiger partial charge in [-0.3, -0.25) is 0 Å². The minimum atomic E-state index is 0.119. The molecule has 3 aromatic carbocycles. The van der Waals surface area contributed by atoms with Gasteiger partial charge in [0.15, 0.2) is 0 Å². The van der Waals surface area contributed by atoms with E-state index < -0.39 is 0 Å². The second-order valence-corrected chi connectivity index (χ2v) is 5.87. The lowest BCUT2D eigenvalue weighted by Gasteiger charge is -2.04. The minimum absolute atomic E-state index is 0.119. The molecule has 0 aliphatic heterocycles. The lowest BCUT2D eigenvalue weighted by atomic mass is 10.0. The van der Waals surface area contributed by atoms with E-state index in [1.807, 2.05) is 0 Å².